The van der Waals surface area contributed by atoms with E-state index in [0.29, 0.717) is 29.1 Å². The zero-order valence-electron chi connectivity index (χ0n) is 7.46. The van der Waals surface area contributed by atoms with Gasteiger partial charge in [-0.2, -0.15) is 0 Å². The number of allylic oxidation sites excluding steroid dienone is 1. The third kappa shape index (κ3) is 9.88. The van der Waals surface area contributed by atoms with Crippen molar-refractivity contribution in [3.63, 3.8) is 0 Å². The molecule has 0 heterocycles. The monoisotopic (exact) mass is 172 g/mol. The summed E-state index contributed by atoms with van der Waals surface area (Å²) in [6, 6.07) is 0. The molecule has 11 heavy (non-hydrogen) atoms. The van der Waals surface area contributed by atoms with Crippen molar-refractivity contribution in [3.05, 3.63) is 11.8 Å². The number of rotatable bonds is 6. The van der Waals surface area contributed by atoms with Crippen LogP contribution in [0.5, 0.6) is 0 Å². The zero-order valence-corrected chi connectivity index (χ0v) is 8.46. The molecule has 2 radical (unpaired) electrons. The Bertz CT molecular complexity index is 102. The fraction of sp³-hybridized carbons (Fsp3) is 0.750. The fourth-order valence-corrected chi connectivity index (χ4v) is 0.934. The summed E-state index contributed by atoms with van der Waals surface area (Å²) >= 11 is 0. The van der Waals surface area contributed by atoms with Crippen LogP contribution in [0.15, 0.2) is 11.8 Å². The third-order valence-corrected chi connectivity index (χ3v) is 1.79. The number of hydrogen-bond donors (Lipinski definition) is 0. The average molecular weight is 172 g/mol. The van der Waals surface area contributed by atoms with Crippen LogP contribution in [-0.2, 0) is 9.16 Å². The molecule has 0 aliphatic rings. The molecule has 0 spiro atoms. The van der Waals surface area contributed by atoms with Gasteiger partial charge in [0.2, 0.25) is 0 Å². The molecule has 64 valence electrons. The van der Waals surface area contributed by atoms with Crippen molar-refractivity contribution in [2.75, 3.05) is 13.2 Å². The van der Waals surface area contributed by atoms with Gasteiger partial charge in [0.25, 0.3) is 9.76 Å². The first-order valence-electron chi connectivity index (χ1n) is 3.87. The van der Waals surface area contributed by atoms with Crippen molar-refractivity contribution >= 4 is 9.76 Å². The predicted molar refractivity (Wildman–Crippen MR) is 47.6 cm³/mol. The lowest BCUT2D eigenvalue weighted by Gasteiger charge is -2.06. The lowest BCUT2D eigenvalue weighted by Crippen LogP contribution is -2.10. The molecule has 0 saturated carbocycles. The Morgan fingerprint density at radius 3 is 2.64 bits per heavy atom. The lowest BCUT2D eigenvalue weighted by atomic mass is 10.5. The minimum atomic E-state index is 0.309. The smallest absolute Gasteiger partial charge is 0.260 e. The van der Waals surface area contributed by atoms with Gasteiger partial charge in [-0.1, -0.05) is 11.8 Å². The highest BCUT2D eigenvalue weighted by Crippen LogP contribution is 1.86. The van der Waals surface area contributed by atoms with Crippen LogP contribution in [0.2, 0.25) is 0 Å². The molecule has 0 atom stereocenters. The minimum absolute atomic E-state index is 0.309. The lowest BCUT2D eigenvalue weighted by molar-refractivity contribution is 0.0564. The maximum absolute atomic E-state index is 5.28. The second-order valence-corrected chi connectivity index (χ2v) is 3.24. The van der Waals surface area contributed by atoms with E-state index in [-0.39, 0.29) is 0 Å². The normalized spacial score (nSPS) is 11.6. The summed E-state index contributed by atoms with van der Waals surface area (Å²) in [6.45, 7) is 7.42. The van der Waals surface area contributed by atoms with Crippen LogP contribution in [0.1, 0.15) is 20.8 Å². The zero-order chi connectivity index (χ0) is 8.53. The largest absolute Gasteiger partial charge is 0.410 e. The molecule has 0 unspecified atom stereocenters. The molecule has 0 amide bonds. The van der Waals surface area contributed by atoms with E-state index < -0.39 is 0 Å². The van der Waals surface area contributed by atoms with E-state index in [0.717, 1.165) is 0 Å². The Balaban J connectivity index is 2.91. The van der Waals surface area contributed by atoms with Crippen LogP contribution < -0.4 is 0 Å². The topological polar surface area (TPSA) is 18.5 Å². The molecule has 0 aromatic rings. The van der Waals surface area contributed by atoms with Crippen LogP contribution >= 0.6 is 0 Å². The highest BCUT2D eigenvalue weighted by molar-refractivity contribution is 6.34. The van der Waals surface area contributed by atoms with E-state index in [1.807, 2.05) is 32.5 Å². The minimum Gasteiger partial charge on any atom is -0.410 e. The molecular weight excluding hydrogens is 156 g/mol. The molecule has 0 aliphatic heterocycles. The van der Waals surface area contributed by atoms with Gasteiger partial charge >= 0.3 is 0 Å². The Hall–Kier alpha value is -0.123. The Labute approximate surface area is 71.5 Å². The fourth-order valence-electron chi connectivity index (χ4n) is 0.501. The highest BCUT2D eigenvalue weighted by atomic mass is 28.2. The van der Waals surface area contributed by atoms with Crippen molar-refractivity contribution in [3.8, 4) is 0 Å². The summed E-state index contributed by atoms with van der Waals surface area (Å²) in [4.78, 5) is 0. The van der Waals surface area contributed by atoms with E-state index in [9.17, 15) is 0 Å². The van der Waals surface area contributed by atoms with Crippen molar-refractivity contribution < 1.29 is 9.16 Å². The van der Waals surface area contributed by atoms with E-state index in [1.54, 1.807) is 0 Å². The molecule has 0 aromatic heterocycles. The van der Waals surface area contributed by atoms with Gasteiger partial charge in [0.05, 0.1) is 19.3 Å². The quantitative estimate of drug-likeness (QED) is 0.447. The van der Waals surface area contributed by atoms with Gasteiger partial charge in [-0.25, -0.2) is 0 Å². The summed E-state index contributed by atoms with van der Waals surface area (Å²) in [7, 11) is 0.475. The maximum atomic E-state index is 5.28. The van der Waals surface area contributed by atoms with E-state index >= 15 is 0 Å². The Kier molecular flexibility index (Phi) is 7.89. The van der Waals surface area contributed by atoms with E-state index in [4.69, 9.17) is 9.16 Å². The molecule has 0 saturated heterocycles. The average Bonchev–Trinajstić information content (AvgIpc) is 1.96. The van der Waals surface area contributed by atoms with Gasteiger partial charge in [-0.3, -0.25) is 0 Å². The first-order chi connectivity index (χ1) is 5.27. The van der Waals surface area contributed by atoms with Gasteiger partial charge in [-0.15, -0.1) is 0 Å². The molecule has 0 bridgehead atoms. The van der Waals surface area contributed by atoms with Crippen molar-refractivity contribution in [1.29, 1.82) is 0 Å². The number of hydrogen-bond acceptors (Lipinski definition) is 2. The van der Waals surface area contributed by atoms with E-state index in [1.165, 1.54) is 0 Å². The van der Waals surface area contributed by atoms with Crippen LogP contribution in [-0.4, -0.2) is 29.1 Å². The summed E-state index contributed by atoms with van der Waals surface area (Å²) in [5, 5.41) is 0. The van der Waals surface area contributed by atoms with Gasteiger partial charge in [-0.05, 0) is 20.8 Å². The predicted octanol–water partition coefficient (Wildman–Crippen LogP) is 1.58. The van der Waals surface area contributed by atoms with Crippen molar-refractivity contribution in [2.45, 2.75) is 26.9 Å². The summed E-state index contributed by atoms with van der Waals surface area (Å²) in [5.41, 5.74) is 2.01. The molecule has 2 nitrogen and oxygen atoms in total. The second kappa shape index (κ2) is 7.98. The Morgan fingerprint density at radius 2 is 2.09 bits per heavy atom. The second-order valence-electron chi connectivity index (χ2n) is 2.39. The molecule has 0 aliphatic carbocycles. The van der Waals surface area contributed by atoms with Gasteiger partial charge < -0.3 is 9.16 Å². The summed E-state index contributed by atoms with van der Waals surface area (Å²) in [6.07, 6.45) is 2.30. The molecule has 0 N–H and O–H groups in total. The van der Waals surface area contributed by atoms with Crippen LogP contribution in [0, 0.1) is 0 Å². The standard InChI is InChI=1S/C8H16O2Si/c1-4-7-11-10-6-5-9-8(2)3/h4,7-8H,5-6H2,1-3H3/b7-4+. The van der Waals surface area contributed by atoms with E-state index in [2.05, 4.69) is 0 Å². The summed E-state index contributed by atoms with van der Waals surface area (Å²) < 4.78 is 10.5. The molecule has 0 aromatic carbocycles. The maximum Gasteiger partial charge on any atom is 0.260 e. The van der Waals surface area contributed by atoms with Gasteiger partial charge in [0, 0.05) is 0 Å². The van der Waals surface area contributed by atoms with Crippen LogP contribution in [0.4, 0.5) is 0 Å². The molecule has 0 fully saturated rings. The Morgan fingerprint density at radius 1 is 1.36 bits per heavy atom. The third-order valence-electron chi connectivity index (χ3n) is 0.955. The van der Waals surface area contributed by atoms with Gasteiger partial charge in [0.15, 0.2) is 0 Å². The SMILES string of the molecule is C/C=C/[Si]OCCOC(C)C. The molecule has 3 heteroatoms. The molecular formula is C8H16O2Si. The van der Waals surface area contributed by atoms with Crippen LogP contribution in [0.25, 0.3) is 0 Å². The summed E-state index contributed by atoms with van der Waals surface area (Å²) in [5.74, 6) is 0. The van der Waals surface area contributed by atoms with Gasteiger partial charge in [0.1, 0.15) is 0 Å². The highest BCUT2D eigenvalue weighted by Gasteiger charge is 1.91. The van der Waals surface area contributed by atoms with Crippen molar-refractivity contribution in [2.24, 2.45) is 0 Å². The number of ether oxygens (including phenoxy) is 1. The van der Waals surface area contributed by atoms with Crippen molar-refractivity contribution in [1.82, 2.24) is 0 Å². The molecule has 0 rings (SSSR count). The first-order valence-corrected chi connectivity index (χ1v) is 4.86. The first kappa shape index (κ1) is 10.9. The van der Waals surface area contributed by atoms with Crippen LogP contribution in [0.3, 0.4) is 0 Å².